The Kier molecular flexibility index (Phi) is 3.68. The number of aliphatic hydroxyl groups excluding tert-OH is 1. The molecule has 82 valence electrons. The average molecular weight is 210 g/mol. The van der Waals surface area contributed by atoms with Crippen molar-refractivity contribution in [3.05, 3.63) is 23.3 Å². The highest BCUT2D eigenvalue weighted by Gasteiger charge is 2.16. The first-order valence-corrected chi connectivity index (χ1v) is 4.53. The van der Waals surface area contributed by atoms with Gasteiger partial charge in [-0.2, -0.15) is 0 Å². The molecule has 0 spiro atoms. The van der Waals surface area contributed by atoms with Crippen LogP contribution in [0.4, 0.5) is 0 Å². The zero-order valence-electron chi connectivity index (χ0n) is 8.98. The first-order valence-electron chi connectivity index (χ1n) is 4.53. The second-order valence-corrected chi connectivity index (χ2v) is 3.13. The number of aldehydes is 1. The lowest BCUT2D eigenvalue weighted by Gasteiger charge is -2.15. The number of rotatable bonds is 4. The summed E-state index contributed by atoms with van der Waals surface area (Å²) in [4.78, 5) is 10.7. The molecule has 0 aliphatic rings. The second-order valence-electron chi connectivity index (χ2n) is 3.13. The van der Waals surface area contributed by atoms with Gasteiger partial charge in [0.05, 0.1) is 25.9 Å². The van der Waals surface area contributed by atoms with E-state index in [1.54, 1.807) is 19.1 Å². The van der Waals surface area contributed by atoms with E-state index in [0.717, 1.165) is 0 Å². The molecule has 0 aromatic heterocycles. The number of hydrogen-bond acceptors (Lipinski definition) is 4. The molecule has 1 rings (SSSR count). The lowest BCUT2D eigenvalue weighted by atomic mass is 10.1. The maximum absolute atomic E-state index is 10.7. The SMILES string of the molecule is COc1cc(C=O)cc(OC)c1C(C)O. The van der Waals surface area contributed by atoms with Crippen molar-refractivity contribution >= 4 is 6.29 Å². The Morgan fingerprint density at radius 3 is 2.00 bits per heavy atom. The summed E-state index contributed by atoms with van der Waals surface area (Å²) in [6.07, 6.45) is -0.00719. The van der Waals surface area contributed by atoms with Crippen LogP contribution < -0.4 is 9.47 Å². The molecule has 0 saturated carbocycles. The average Bonchev–Trinajstić information content (AvgIpc) is 2.26. The molecule has 4 heteroatoms. The van der Waals surface area contributed by atoms with Crippen LogP contribution in [-0.4, -0.2) is 25.6 Å². The fourth-order valence-corrected chi connectivity index (χ4v) is 1.44. The van der Waals surface area contributed by atoms with Gasteiger partial charge in [-0.3, -0.25) is 4.79 Å². The lowest BCUT2D eigenvalue weighted by Crippen LogP contribution is -2.01. The molecule has 0 aliphatic carbocycles. The molecule has 1 N–H and O–H groups in total. The van der Waals surface area contributed by atoms with E-state index < -0.39 is 6.10 Å². The van der Waals surface area contributed by atoms with Crippen LogP contribution in [0.15, 0.2) is 12.1 Å². The third kappa shape index (κ3) is 2.27. The molecule has 0 saturated heterocycles. The summed E-state index contributed by atoms with van der Waals surface area (Å²) in [6.45, 7) is 1.61. The number of carbonyl (C=O) groups excluding carboxylic acids is 1. The molecule has 0 radical (unpaired) electrons. The van der Waals surface area contributed by atoms with Gasteiger partial charge in [0, 0.05) is 5.56 Å². The first-order chi connectivity index (χ1) is 7.13. The van der Waals surface area contributed by atoms with Crippen molar-refractivity contribution in [1.82, 2.24) is 0 Å². The molecule has 15 heavy (non-hydrogen) atoms. The summed E-state index contributed by atoms with van der Waals surface area (Å²) in [5.41, 5.74) is 0.999. The van der Waals surface area contributed by atoms with E-state index in [-0.39, 0.29) is 0 Å². The van der Waals surface area contributed by atoms with E-state index in [1.165, 1.54) is 14.2 Å². The fraction of sp³-hybridized carbons (Fsp3) is 0.364. The summed E-state index contributed by atoms with van der Waals surface area (Å²) in [5, 5.41) is 9.56. The predicted molar refractivity (Wildman–Crippen MR) is 55.6 cm³/mol. The van der Waals surface area contributed by atoms with Crippen LogP contribution in [0.3, 0.4) is 0 Å². The van der Waals surface area contributed by atoms with Crippen LogP contribution in [0.25, 0.3) is 0 Å². The molecule has 0 bridgehead atoms. The van der Waals surface area contributed by atoms with E-state index in [9.17, 15) is 9.90 Å². The van der Waals surface area contributed by atoms with Crippen LogP contribution in [0.1, 0.15) is 28.9 Å². The molecular weight excluding hydrogens is 196 g/mol. The van der Waals surface area contributed by atoms with Gasteiger partial charge in [0.25, 0.3) is 0 Å². The van der Waals surface area contributed by atoms with Crippen molar-refractivity contribution in [3.8, 4) is 11.5 Å². The van der Waals surface area contributed by atoms with Gasteiger partial charge in [-0.1, -0.05) is 0 Å². The topological polar surface area (TPSA) is 55.8 Å². The van der Waals surface area contributed by atoms with Gasteiger partial charge in [0.1, 0.15) is 17.8 Å². The molecule has 1 aromatic rings. The van der Waals surface area contributed by atoms with E-state index in [0.29, 0.717) is 28.9 Å². The van der Waals surface area contributed by atoms with Crippen LogP contribution in [0.5, 0.6) is 11.5 Å². The van der Waals surface area contributed by atoms with Crippen LogP contribution in [0, 0.1) is 0 Å². The normalized spacial score (nSPS) is 12.0. The Hall–Kier alpha value is -1.55. The fourth-order valence-electron chi connectivity index (χ4n) is 1.44. The quantitative estimate of drug-likeness (QED) is 0.766. The minimum atomic E-state index is -0.712. The monoisotopic (exact) mass is 210 g/mol. The Labute approximate surface area is 88.4 Å². The van der Waals surface area contributed by atoms with Crippen molar-refractivity contribution in [2.45, 2.75) is 13.0 Å². The lowest BCUT2D eigenvalue weighted by molar-refractivity contribution is 0.112. The van der Waals surface area contributed by atoms with Crippen LogP contribution in [0.2, 0.25) is 0 Å². The molecule has 0 heterocycles. The van der Waals surface area contributed by atoms with E-state index in [1.807, 2.05) is 0 Å². The Morgan fingerprint density at radius 1 is 1.27 bits per heavy atom. The van der Waals surface area contributed by atoms with Crippen molar-refractivity contribution < 1.29 is 19.4 Å². The highest BCUT2D eigenvalue weighted by molar-refractivity contribution is 5.77. The smallest absolute Gasteiger partial charge is 0.150 e. The van der Waals surface area contributed by atoms with Crippen molar-refractivity contribution in [1.29, 1.82) is 0 Å². The second kappa shape index (κ2) is 4.79. The van der Waals surface area contributed by atoms with Gasteiger partial charge in [-0.15, -0.1) is 0 Å². The van der Waals surface area contributed by atoms with Gasteiger partial charge < -0.3 is 14.6 Å². The van der Waals surface area contributed by atoms with E-state index >= 15 is 0 Å². The molecule has 1 unspecified atom stereocenters. The minimum Gasteiger partial charge on any atom is -0.496 e. The highest BCUT2D eigenvalue weighted by Crippen LogP contribution is 2.34. The molecule has 1 atom stereocenters. The minimum absolute atomic E-state index is 0.450. The summed E-state index contributed by atoms with van der Waals surface area (Å²) < 4.78 is 10.2. The zero-order valence-corrected chi connectivity index (χ0v) is 8.98. The maximum Gasteiger partial charge on any atom is 0.150 e. The molecule has 4 nitrogen and oxygen atoms in total. The van der Waals surface area contributed by atoms with Gasteiger partial charge in [-0.25, -0.2) is 0 Å². The molecular formula is C11H14O4. The van der Waals surface area contributed by atoms with Crippen LogP contribution >= 0.6 is 0 Å². The molecule has 0 aliphatic heterocycles. The standard InChI is InChI=1S/C11H14O4/c1-7(13)11-9(14-2)4-8(6-12)5-10(11)15-3/h4-7,13H,1-3H3. The number of carbonyl (C=O) groups is 1. The van der Waals surface area contributed by atoms with Gasteiger partial charge >= 0.3 is 0 Å². The van der Waals surface area contributed by atoms with Gasteiger partial charge in [0.15, 0.2) is 0 Å². The predicted octanol–water partition coefficient (Wildman–Crippen LogP) is 1.57. The summed E-state index contributed by atoms with van der Waals surface area (Å²) in [7, 11) is 2.96. The van der Waals surface area contributed by atoms with Crippen molar-refractivity contribution in [3.63, 3.8) is 0 Å². The third-order valence-electron chi connectivity index (χ3n) is 2.12. The van der Waals surface area contributed by atoms with Gasteiger partial charge in [0.2, 0.25) is 0 Å². The Bertz CT molecular complexity index is 333. The van der Waals surface area contributed by atoms with E-state index in [4.69, 9.17) is 9.47 Å². The highest BCUT2D eigenvalue weighted by atomic mass is 16.5. The number of methoxy groups -OCH3 is 2. The van der Waals surface area contributed by atoms with Crippen LogP contribution in [-0.2, 0) is 0 Å². The Morgan fingerprint density at radius 2 is 1.73 bits per heavy atom. The van der Waals surface area contributed by atoms with Gasteiger partial charge in [-0.05, 0) is 19.1 Å². The van der Waals surface area contributed by atoms with Crippen molar-refractivity contribution in [2.24, 2.45) is 0 Å². The zero-order chi connectivity index (χ0) is 11.4. The molecule has 0 fully saturated rings. The maximum atomic E-state index is 10.7. The third-order valence-corrected chi connectivity index (χ3v) is 2.12. The molecule has 0 amide bonds. The summed E-state index contributed by atoms with van der Waals surface area (Å²) in [6, 6.07) is 3.13. The summed E-state index contributed by atoms with van der Waals surface area (Å²) >= 11 is 0. The Balaban J connectivity index is 3.39. The number of hydrogen-bond donors (Lipinski definition) is 1. The first kappa shape index (κ1) is 11.5. The van der Waals surface area contributed by atoms with E-state index in [2.05, 4.69) is 0 Å². The largest absolute Gasteiger partial charge is 0.496 e. The summed E-state index contributed by atoms with van der Waals surface area (Å²) in [5.74, 6) is 0.901. The number of aliphatic hydroxyl groups is 1. The number of benzene rings is 1. The molecule has 1 aromatic carbocycles. The number of ether oxygens (including phenoxy) is 2. The van der Waals surface area contributed by atoms with Crippen molar-refractivity contribution in [2.75, 3.05) is 14.2 Å².